The Kier molecular flexibility index (Phi) is 9.05. The van der Waals surface area contributed by atoms with Crippen LogP contribution in [0.25, 0.3) is 22.2 Å². The van der Waals surface area contributed by atoms with Crippen molar-refractivity contribution >= 4 is 22.9 Å². The summed E-state index contributed by atoms with van der Waals surface area (Å²) in [6.07, 6.45) is 1.17. The minimum Gasteiger partial charge on any atom is -0.494 e. The molecule has 8 nitrogen and oxygen atoms in total. The van der Waals surface area contributed by atoms with Gasteiger partial charge in [0.25, 0.3) is 0 Å². The van der Waals surface area contributed by atoms with Gasteiger partial charge in [-0.3, -0.25) is 4.79 Å². The van der Waals surface area contributed by atoms with E-state index in [1.54, 1.807) is 17.0 Å². The van der Waals surface area contributed by atoms with Crippen molar-refractivity contribution in [2.45, 2.75) is 78.6 Å². The number of rotatable bonds is 7. The Bertz CT molecular complexity index is 1430. The molecule has 3 aromatic rings. The Balaban J connectivity index is 1.62. The van der Waals surface area contributed by atoms with E-state index in [0.29, 0.717) is 42.9 Å². The van der Waals surface area contributed by atoms with Crippen molar-refractivity contribution in [3.05, 3.63) is 53.3 Å². The normalized spacial score (nSPS) is 14.3. The van der Waals surface area contributed by atoms with Crippen molar-refractivity contribution in [2.75, 3.05) is 20.2 Å². The number of hydrogen-bond acceptors (Lipinski definition) is 6. The summed E-state index contributed by atoms with van der Waals surface area (Å²) in [6, 6.07) is 10.3. The van der Waals surface area contributed by atoms with Gasteiger partial charge in [-0.05, 0) is 89.1 Å². The fourth-order valence-corrected chi connectivity index (χ4v) is 4.99. The third-order valence-electron chi connectivity index (χ3n) is 6.95. The van der Waals surface area contributed by atoms with Crippen LogP contribution < -0.4 is 14.8 Å². The fraction of sp³-hybridized carbons (Fsp3) is 0.469. The van der Waals surface area contributed by atoms with Gasteiger partial charge in [-0.1, -0.05) is 0 Å². The number of fused-ring (bicyclic) bond motifs is 1. The van der Waals surface area contributed by atoms with Gasteiger partial charge in [-0.25, -0.2) is 14.2 Å². The largest absolute Gasteiger partial charge is 0.494 e. The molecule has 1 saturated heterocycles. The quantitative estimate of drug-likeness (QED) is 0.367. The Morgan fingerprint density at radius 2 is 1.83 bits per heavy atom. The second kappa shape index (κ2) is 12.3. The standard InChI is InChI=1S/C32H40FN3O5/c1-19(2)34-29(37)18-25-20(3)24-17-23(40-22-12-14-36(15-13-22)31(38)41-32(4,5)6)9-11-27(24)35-30(25)21-8-10-26(33)28(16-21)39-7/h8-11,16-17,19,22H,12-15,18H2,1-7H3,(H,34,37). The predicted molar refractivity (Wildman–Crippen MR) is 157 cm³/mol. The van der Waals surface area contributed by atoms with Gasteiger partial charge in [0.1, 0.15) is 17.5 Å². The van der Waals surface area contributed by atoms with Crippen LogP contribution in [0.15, 0.2) is 36.4 Å². The maximum absolute atomic E-state index is 14.2. The number of benzene rings is 2. The average molecular weight is 566 g/mol. The van der Waals surface area contributed by atoms with Gasteiger partial charge in [-0.2, -0.15) is 0 Å². The van der Waals surface area contributed by atoms with Gasteiger partial charge in [-0.15, -0.1) is 0 Å². The first-order valence-electron chi connectivity index (χ1n) is 14.1. The zero-order valence-electron chi connectivity index (χ0n) is 25.0. The van der Waals surface area contributed by atoms with Gasteiger partial charge < -0.3 is 24.4 Å². The first-order chi connectivity index (χ1) is 19.3. The molecule has 1 aromatic heterocycles. The summed E-state index contributed by atoms with van der Waals surface area (Å²) in [4.78, 5) is 31.9. The molecule has 0 radical (unpaired) electrons. The molecule has 0 bridgehead atoms. The summed E-state index contributed by atoms with van der Waals surface area (Å²) in [5.74, 6) is 0.225. The Hall–Kier alpha value is -3.88. The highest BCUT2D eigenvalue weighted by atomic mass is 19.1. The van der Waals surface area contributed by atoms with Crippen molar-refractivity contribution in [1.82, 2.24) is 15.2 Å². The van der Waals surface area contributed by atoms with Gasteiger partial charge in [0, 0.05) is 42.9 Å². The molecule has 1 aliphatic heterocycles. The van der Waals surface area contributed by atoms with Gasteiger partial charge in [0.05, 0.1) is 24.7 Å². The molecule has 2 amide bonds. The molecule has 0 saturated carbocycles. The molecule has 0 unspecified atom stereocenters. The Labute approximate surface area is 241 Å². The van der Waals surface area contributed by atoms with E-state index in [0.717, 1.165) is 22.0 Å². The van der Waals surface area contributed by atoms with E-state index in [2.05, 4.69) is 5.32 Å². The molecule has 9 heteroatoms. The molecule has 0 atom stereocenters. The van der Waals surface area contributed by atoms with Crippen molar-refractivity contribution < 1.29 is 28.2 Å². The predicted octanol–water partition coefficient (Wildman–Crippen LogP) is 6.20. The maximum atomic E-state index is 14.2. The molecule has 41 heavy (non-hydrogen) atoms. The number of nitrogens with zero attached hydrogens (tertiary/aromatic N) is 2. The number of carbonyl (C=O) groups is 2. The highest BCUT2D eigenvalue weighted by Crippen LogP contribution is 2.34. The number of ether oxygens (including phenoxy) is 3. The summed E-state index contributed by atoms with van der Waals surface area (Å²) in [5, 5.41) is 3.83. The van der Waals surface area contributed by atoms with E-state index in [9.17, 15) is 14.0 Å². The third-order valence-corrected chi connectivity index (χ3v) is 6.95. The summed E-state index contributed by atoms with van der Waals surface area (Å²) in [6.45, 7) is 12.5. The first-order valence-corrected chi connectivity index (χ1v) is 14.1. The number of hydrogen-bond donors (Lipinski definition) is 1. The number of pyridine rings is 1. The van der Waals surface area contributed by atoms with Crippen LogP contribution >= 0.6 is 0 Å². The molecule has 1 fully saturated rings. The smallest absolute Gasteiger partial charge is 0.410 e. The van der Waals surface area contributed by atoms with E-state index in [4.69, 9.17) is 19.2 Å². The monoisotopic (exact) mass is 565 g/mol. The molecule has 0 spiro atoms. The minimum absolute atomic E-state index is 0.00711. The number of piperidine rings is 1. The van der Waals surface area contributed by atoms with Gasteiger partial charge in [0.2, 0.25) is 5.91 Å². The van der Waals surface area contributed by atoms with E-state index >= 15 is 0 Å². The van der Waals surface area contributed by atoms with Crippen molar-refractivity contribution in [3.63, 3.8) is 0 Å². The Morgan fingerprint density at radius 1 is 1.12 bits per heavy atom. The molecule has 1 aliphatic rings. The topological polar surface area (TPSA) is 90.0 Å². The lowest BCUT2D eigenvalue weighted by atomic mass is 9.95. The van der Waals surface area contributed by atoms with Crippen LogP contribution in [0.4, 0.5) is 9.18 Å². The number of amides is 2. The minimum atomic E-state index is -0.529. The lowest BCUT2D eigenvalue weighted by molar-refractivity contribution is -0.120. The number of likely N-dealkylation sites (tertiary alicyclic amines) is 1. The van der Waals surface area contributed by atoms with Crippen LogP contribution in [0.2, 0.25) is 0 Å². The fourth-order valence-electron chi connectivity index (χ4n) is 4.99. The number of nitrogens with one attached hydrogen (secondary N) is 1. The number of methoxy groups -OCH3 is 1. The number of aromatic nitrogens is 1. The second-order valence-electron chi connectivity index (χ2n) is 11.8. The molecule has 2 heterocycles. The van der Waals surface area contributed by atoms with Crippen LogP contribution in [0.5, 0.6) is 11.5 Å². The summed E-state index contributed by atoms with van der Waals surface area (Å²) < 4.78 is 31.2. The molecule has 220 valence electrons. The third kappa shape index (κ3) is 7.45. The Morgan fingerprint density at radius 3 is 2.46 bits per heavy atom. The lowest BCUT2D eigenvalue weighted by Crippen LogP contribution is -2.44. The maximum Gasteiger partial charge on any atom is 0.410 e. The zero-order chi connectivity index (χ0) is 29.9. The van der Waals surface area contributed by atoms with Crippen LogP contribution in [-0.2, 0) is 16.0 Å². The van der Waals surface area contributed by atoms with Crippen molar-refractivity contribution in [2.24, 2.45) is 0 Å². The SMILES string of the molecule is COc1cc(-c2nc3ccc(OC4CCN(C(=O)OC(C)(C)C)CC4)cc3c(C)c2CC(=O)NC(C)C)ccc1F. The van der Waals surface area contributed by atoms with E-state index in [-0.39, 0.29) is 36.3 Å². The summed E-state index contributed by atoms with van der Waals surface area (Å²) in [5.41, 5.74) is 3.14. The highest BCUT2D eigenvalue weighted by Gasteiger charge is 2.28. The van der Waals surface area contributed by atoms with Gasteiger partial charge in [0.15, 0.2) is 11.6 Å². The number of carbonyl (C=O) groups excluding carboxylic acids is 2. The molecular weight excluding hydrogens is 525 g/mol. The number of aryl methyl sites for hydroxylation is 1. The van der Waals surface area contributed by atoms with E-state index in [1.807, 2.05) is 59.7 Å². The van der Waals surface area contributed by atoms with E-state index in [1.165, 1.54) is 13.2 Å². The average Bonchev–Trinajstić information content (AvgIpc) is 2.90. The zero-order valence-corrected chi connectivity index (χ0v) is 25.0. The first kappa shape index (κ1) is 30.1. The summed E-state index contributed by atoms with van der Waals surface area (Å²) in [7, 11) is 1.42. The molecule has 1 N–H and O–H groups in total. The van der Waals surface area contributed by atoms with Crippen LogP contribution in [0.3, 0.4) is 0 Å². The van der Waals surface area contributed by atoms with E-state index < -0.39 is 11.4 Å². The summed E-state index contributed by atoms with van der Waals surface area (Å²) >= 11 is 0. The molecule has 2 aromatic carbocycles. The second-order valence-corrected chi connectivity index (χ2v) is 11.8. The van der Waals surface area contributed by atoms with Crippen LogP contribution in [0.1, 0.15) is 58.6 Å². The number of halogens is 1. The van der Waals surface area contributed by atoms with Gasteiger partial charge >= 0.3 is 6.09 Å². The molecule has 4 rings (SSSR count). The van der Waals surface area contributed by atoms with Crippen LogP contribution in [0, 0.1) is 12.7 Å². The lowest BCUT2D eigenvalue weighted by Gasteiger charge is -2.33. The molecular formula is C32H40FN3O5. The highest BCUT2D eigenvalue weighted by molar-refractivity contribution is 5.91. The van der Waals surface area contributed by atoms with Crippen molar-refractivity contribution in [3.8, 4) is 22.8 Å². The van der Waals surface area contributed by atoms with Crippen molar-refractivity contribution in [1.29, 1.82) is 0 Å². The van der Waals surface area contributed by atoms with Crippen LogP contribution in [-0.4, -0.2) is 59.8 Å². The molecule has 0 aliphatic carbocycles.